The molecule has 0 bridgehead atoms. The van der Waals surface area contributed by atoms with Crippen LogP contribution >= 0.6 is 0 Å². The largest absolute Gasteiger partial charge is 0.484 e. The fraction of sp³-hybridized carbons (Fsp3) is 0.350. The van der Waals surface area contributed by atoms with Gasteiger partial charge in [0.25, 0.3) is 5.91 Å². The van der Waals surface area contributed by atoms with Crippen LogP contribution in [0.1, 0.15) is 18.4 Å². The first-order chi connectivity index (χ1) is 12.2. The third kappa shape index (κ3) is 5.03. The molecule has 1 aliphatic heterocycles. The summed E-state index contributed by atoms with van der Waals surface area (Å²) in [6, 6.07) is 15.7. The van der Waals surface area contributed by atoms with E-state index in [0.29, 0.717) is 25.5 Å². The zero-order valence-corrected chi connectivity index (χ0v) is 14.1. The Hall–Kier alpha value is -2.40. The Morgan fingerprint density at radius 3 is 2.44 bits per heavy atom. The van der Waals surface area contributed by atoms with Crippen molar-refractivity contribution in [2.75, 3.05) is 19.8 Å². The van der Waals surface area contributed by atoms with Crippen molar-refractivity contribution in [1.29, 1.82) is 0 Å². The van der Waals surface area contributed by atoms with Crippen LogP contribution in [0.5, 0.6) is 5.75 Å². The molecule has 1 saturated heterocycles. The molecule has 1 amide bonds. The molecule has 0 atom stereocenters. The van der Waals surface area contributed by atoms with Crippen molar-refractivity contribution >= 4 is 5.91 Å². The molecule has 4 nitrogen and oxygen atoms in total. The van der Waals surface area contributed by atoms with Gasteiger partial charge in [-0.15, -0.1) is 0 Å². The normalized spacial score (nSPS) is 14.9. The Bertz CT molecular complexity index is 669. The summed E-state index contributed by atoms with van der Waals surface area (Å²) in [5.41, 5.74) is 0.904. The number of amides is 1. The number of halogens is 1. The third-order valence-corrected chi connectivity index (χ3v) is 4.32. The molecule has 2 aromatic carbocycles. The van der Waals surface area contributed by atoms with Gasteiger partial charge in [-0.2, -0.15) is 0 Å². The highest BCUT2D eigenvalue weighted by Crippen LogP contribution is 2.19. The van der Waals surface area contributed by atoms with E-state index in [0.717, 1.165) is 18.4 Å². The fourth-order valence-corrected chi connectivity index (χ4v) is 2.95. The highest BCUT2D eigenvalue weighted by atomic mass is 19.1. The molecule has 1 heterocycles. The SMILES string of the molecule is O=C(COc1ccccc1)N(Cc1ccc(F)cc1)C1CCOCC1. The minimum atomic E-state index is -0.278. The number of hydrogen-bond donors (Lipinski definition) is 0. The van der Waals surface area contributed by atoms with Crippen LogP contribution in [0.3, 0.4) is 0 Å². The molecule has 0 saturated carbocycles. The molecule has 0 aromatic heterocycles. The second kappa shape index (κ2) is 8.62. The quantitative estimate of drug-likeness (QED) is 0.807. The number of rotatable bonds is 6. The molecule has 0 radical (unpaired) electrons. The molecule has 2 aromatic rings. The Kier molecular flexibility index (Phi) is 6.01. The topological polar surface area (TPSA) is 38.8 Å². The Balaban J connectivity index is 1.68. The number of nitrogens with zero attached hydrogens (tertiary/aromatic N) is 1. The number of para-hydroxylation sites is 1. The third-order valence-electron chi connectivity index (χ3n) is 4.32. The lowest BCUT2D eigenvalue weighted by atomic mass is 10.1. The lowest BCUT2D eigenvalue weighted by molar-refractivity contribution is -0.138. The van der Waals surface area contributed by atoms with Gasteiger partial charge in [0.1, 0.15) is 11.6 Å². The summed E-state index contributed by atoms with van der Waals surface area (Å²) < 4.78 is 24.1. The first-order valence-corrected chi connectivity index (χ1v) is 8.52. The first-order valence-electron chi connectivity index (χ1n) is 8.52. The summed E-state index contributed by atoms with van der Waals surface area (Å²) >= 11 is 0. The summed E-state index contributed by atoms with van der Waals surface area (Å²) in [6.45, 7) is 1.74. The van der Waals surface area contributed by atoms with Crippen LogP contribution in [-0.4, -0.2) is 36.7 Å². The van der Waals surface area contributed by atoms with Gasteiger partial charge in [0.15, 0.2) is 6.61 Å². The number of carbonyl (C=O) groups is 1. The molecule has 132 valence electrons. The van der Waals surface area contributed by atoms with Crippen molar-refractivity contribution in [3.63, 3.8) is 0 Å². The molecule has 1 fully saturated rings. The molecule has 0 N–H and O–H groups in total. The Morgan fingerprint density at radius 2 is 1.76 bits per heavy atom. The van der Waals surface area contributed by atoms with Crippen molar-refractivity contribution in [3.8, 4) is 5.75 Å². The van der Waals surface area contributed by atoms with Crippen LogP contribution in [-0.2, 0) is 16.1 Å². The summed E-state index contributed by atoms with van der Waals surface area (Å²) in [4.78, 5) is 14.6. The standard InChI is InChI=1S/C20H22FNO3/c21-17-8-6-16(7-9-17)14-22(18-10-12-24-13-11-18)20(23)15-25-19-4-2-1-3-5-19/h1-9,18H,10-15H2. The number of hydrogen-bond acceptors (Lipinski definition) is 3. The van der Waals surface area contributed by atoms with Crippen molar-refractivity contribution in [3.05, 3.63) is 66.0 Å². The van der Waals surface area contributed by atoms with Crippen LogP contribution in [0.25, 0.3) is 0 Å². The van der Waals surface area contributed by atoms with E-state index in [1.807, 2.05) is 35.2 Å². The molecular formula is C20H22FNO3. The summed E-state index contributed by atoms with van der Waals surface area (Å²) in [6.07, 6.45) is 1.61. The van der Waals surface area contributed by atoms with Crippen LogP contribution in [0.4, 0.5) is 4.39 Å². The average molecular weight is 343 g/mol. The lowest BCUT2D eigenvalue weighted by Crippen LogP contribution is -2.45. The van der Waals surface area contributed by atoms with E-state index in [1.54, 1.807) is 12.1 Å². The molecule has 0 unspecified atom stereocenters. The van der Waals surface area contributed by atoms with E-state index < -0.39 is 0 Å². The second-order valence-electron chi connectivity index (χ2n) is 6.09. The predicted octanol–water partition coefficient (Wildman–Crippen LogP) is 3.41. The van der Waals surface area contributed by atoms with Crippen molar-refractivity contribution in [2.45, 2.75) is 25.4 Å². The molecule has 1 aliphatic rings. The fourth-order valence-electron chi connectivity index (χ4n) is 2.95. The zero-order chi connectivity index (χ0) is 17.5. The molecule has 5 heteroatoms. The van der Waals surface area contributed by atoms with Crippen molar-refractivity contribution in [2.24, 2.45) is 0 Å². The van der Waals surface area contributed by atoms with Crippen LogP contribution in [0.2, 0.25) is 0 Å². The number of ether oxygens (including phenoxy) is 2. The van der Waals surface area contributed by atoms with E-state index in [4.69, 9.17) is 9.47 Å². The smallest absolute Gasteiger partial charge is 0.261 e. The van der Waals surface area contributed by atoms with Crippen molar-refractivity contribution < 1.29 is 18.7 Å². The maximum atomic E-state index is 13.1. The monoisotopic (exact) mass is 343 g/mol. The van der Waals surface area contributed by atoms with Crippen LogP contribution < -0.4 is 4.74 Å². The molecule has 0 aliphatic carbocycles. The van der Waals surface area contributed by atoms with E-state index in [9.17, 15) is 9.18 Å². The van der Waals surface area contributed by atoms with Crippen LogP contribution in [0, 0.1) is 5.82 Å². The minimum absolute atomic E-state index is 0.0113. The zero-order valence-electron chi connectivity index (χ0n) is 14.1. The lowest BCUT2D eigenvalue weighted by Gasteiger charge is -2.34. The van der Waals surface area contributed by atoms with Gasteiger partial charge in [-0.1, -0.05) is 30.3 Å². The average Bonchev–Trinajstić information content (AvgIpc) is 2.67. The molecular weight excluding hydrogens is 321 g/mol. The Morgan fingerprint density at radius 1 is 1.08 bits per heavy atom. The summed E-state index contributed by atoms with van der Waals surface area (Å²) in [7, 11) is 0. The molecule has 0 spiro atoms. The maximum absolute atomic E-state index is 13.1. The van der Waals surface area contributed by atoms with E-state index in [2.05, 4.69) is 0 Å². The van der Waals surface area contributed by atoms with E-state index in [1.165, 1.54) is 12.1 Å². The highest BCUT2D eigenvalue weighted by molar-refractivity contribution is 5.78. The van der Waals surface area contributed by atoms with Gasteiger partial charge >= 0.3 is 0 Å². The molecule has 25 heavy (non-hydrogen) atoms. The summed E-state index contributed by atoms with van der Waals surface area (Å²) in [5, 5.41) is 0. The number of benzene rings is 2. The van der Waals surface area contributed by atoms with Gasteiger partial charge in [-0.25, -0.2) is 4.39 Å². The van der Waals surface area contributed by atoms with Gasteiger partial charge in [-0.05, 0) is 42.7 Å². The second-order valence-corrected chi connectivity index (χ2v) is 6.09. The van der Waals surface area contributed by atoms with E-state index >= 15 is 0 Å². The highest BCUT2D eigenvalue weighted by Gasteiger charge is 2.26. The van der Waals surface area contributed by atoms with E-state index in [-0.39, 0.29) is 24.4 Å². The summed E-state index contributed by atoms with van der Waals surface area (Å²) in [5.74, 6) is 0.324. The van der Waals surface area contributed by atoms with Crippen LogP contribution in [0.15, 0.2) is 54.6 Å². The molecule has 3 rings (SSSR count). The first kappa shape index (κ1) is 17.4. The van der Waals surface area contributed by atoms with Gasteiger partial charge in [0.2, 0.25) is 0 Å². The Labute approximate surface area is 147 Å². The van der Waals surface area contributed by atoms with Crippen molar-refractivity contribution in [1.82, 2.24) is 4.90 Å². The predicted molar refractivity (Wildman–Crippen MR) is 92.7 cm³/mol. The minimum Gasteiger partial charge on any atom is -0.484 e. The van der Waals surface area contributed by atoms with Gasteiger partial charge in [0, 0.05) is 25.8 Å². The maximum Gasteiger partial charge on any atom is 0.261 e. The van der Waals surface area contributed by atoms with Gasteiger partial charge in [-0.3, -0.25) is 4.79 Å². The van der Waals surface area contributed by atoms with Gasteiger partial charge < -0.3 is 14.4 Å². The number of carbonyl (C=O) groups excluding carboxylic acids is 1. The van der Waals surface area contributed by atoms with Gasteiger partial charge in [0.05, 0.1) is 0 Å².